The van der Waals surface area contributed by atoms with Gasteiger partial charge in [0.25, 0.3) is 0 Å². The number of aromatic nitrogens is 1. The largest absolute Gasteiger partial charge is 0.435 e. The molecule has 0 fully saturated rings. The summed E-state index contributed by atoms with van der Waals surface area (Å²) in [6.45, 7) is -0.780. The second-order valence-corrected chi connectivity index (χ2v) is 4.01. The van der Waals surface area contributed by atoms with E-state index in [0.717, 1.165) is 18.5 Å². The van der Waals surface area contributed by atoms with Gasteiger partial charge in [0.05, 0.1) is 5.52 Å². The quantitative estimate of drug-likeness (QED) is 0.907. The summed E-state index contributed by atoms with van der Waals surface area (Å²) in [5.41, 5.74) is 8.04. The number of fused-ring (bicyclic) bond motifs is 1. The fourth-order valence-electron chi connectivity index (χ4n) is 1.85. The average Bonchev–Trinajstić information content (AvgIpc) is 2.30. The summed E-state index contributed by atoms with van der Waals surface area (Å²) in [5.74, 6) is 0.0919. The number of hydrogen-bond donors (Lipinski definition) is 1. The molecule has 0 atom stereocenters. The predicted octanol–water partition coefficient (Wildman–Crippen LogP) is 3.37. The van der Waals surface area contributed by atoms with Crippen molar-refractivity contribution in [2.24, 2.45) is 0 Å². The molecule has 0 amide bonds. The number of benzene rings is 1. The molecule has 2 rings (SSSR count). The maximum atomic E-state index is 12.1. The van der Waals surface area contributed by atoms with Crippen molar-refractivity contribution >= 4 is 16.6 Å². The molecule has 1 aromatic heterocycles. The SMILES string of the molecule is CCCc1cc(N)c2cc(OC(F)F)ccc2n1. The lowest BCUT2D eigenvalue weighted by atomic mass is 10.1. The Bertz CT molecular complexity index is 558. The van der Waals surface area contributed by atoms with E-state index in [0.29, 0.717) is 16.6 Å². The highest BCUT2D eigenvalue weighted by atomic mass is 19.3. The van der Waals surface area contributed by atoms with Crippen LogP contribution in [-0.2, 0) is 6.42 Å². The Labute approximate surface area is 104 Å². The lowest BCUT2D eigenvalue weighted by Gasteiger charge is -2.08. The first-order valence-electron chi connectivity index (χ1n) is 5.74. The van der Waals surface area contributed by atoms with Gasteiger partial charge in [-0.1, -0.05) is 13.3 Å². The molecule has 0 aliphatic carbocycles. The van der Waals surface area contributed by atoms with Gasteiger partial charge in [0.1, 0.15) is 5.75 Å². The molecule has 0 aliphatic rings. The Morgan fingerprint density at radius 3 is 2.78 bits per heavy atom. The summed E-state index contributed by atoms with van der Waals surface area (Å²) >= 11 is 0. The van der Waals surface area contributed by atoms with Crippen molar-refractivity contribution in [2.45, 2.75) is 26.4 Å². The summed E-state index contributed by atoms with van der Waals surface area (Å²) < 4.78 is 28.6. The number of halogens is 2. The fraction of sp³-hybridized carbons (Fsp3) is 0.308. The lowest BCUT2D eigenvalue weighted by molar-refractivity contribution is -0.0497. The number of hydrogen-bond acceptors (Lipinski definition) is 3. The summed E-state index contributed by atoms with van der Waals surface area (Å²) in [4.78, 5) is 4.42. The van der Waals surface area contributed by atoms with E-state index in [-0.39, 0.29) is 5.75 Å². The Morgan fingerprint density at radius 1 is 1.33 bits per heavy atom. The van der Waals surface area contributed by atoms with Gasteiger partial charge >= 0.3 is 6.61 Å². The van der Waals surface area contributed by atoms with Crippen LogP contribution in [0.2, 0.25) is 0 Å². The number of nitrogen functional groups attached to an aromatic ring is 1. The van der Waals surface area contributed by atoms with Crippen LogP contribution in [0.3, 0.4) is 0 Å². The van der Waals surface area contributed by atoms with Gasteiger partial charge < -0.3 is 10.5 Å². The minimum Gasteiger partial charge on any atom is -0.435 e. The Morgan fingerprint density at radius 2 is 2.11 bits per heavy atom. The molecule has 0 unspecified atom stereocenters. The molecule has 0 saturated heterocycles. The third-order valence-electron chi connectivity index (χ3n) is 2.60. The molecule has 2 N–H and O–H groups in total. The van der Waals surface area contributed by atoms with Crippen LogP contribution in [0, 0.1) is 0 Å². The molecule has 18 heavy (non-hydrogen) atoms. The van der Waals surface area contributed by atoms with Gasteiger partial charge in [-0.2, -0.15) is 8.78 Å². The first-order valence-corrected chi connectivity index (χ1v) is 5.74. The van der Waals surface area contributed by atoms with E-state index < -0.39 is 6.61 Å². The van der Waals surface area contributed by atoms with Gasteiger partial charge in [-0.05, 0) is 30.7 Å². The number of pyridine rings is 1. The van der Waals surface area contributed by atoms with Crippen LogP contribution in [-0.4, -0.2) is 11.6 Å². The zero-order valence-corrected chi connectivity index (χ0v) is 9.99. The Balaban J connectivity index is 2.44. The number of anilines is 1. The van der Waals surface area contributed by atoms with Crippen LogP contribution >= 0.6 is 0 Å². The maximum absolute atomic E-state index is 12.1. The zero-order valence-electron chi connectivity index (χ0n) is 9.99. The molecule has 96 valence electrons. The van der Waals surface area contributed by atoms with Crippen molar-refractivity contribution < 1.29 is 13.5 Å². The van der Waals surface area contributed by atoms with Crippen LogP contribution < -0.4 is 10.5 Å². The van der Waals surface area contributed by atoms with Crippen molar-refractivity contribution in [3.8, 4) is 5.75 Å². The molecular weight excluding hydrogens is 238 g/mol. The molecule has 0 spiro atoms. The molecule has 1 aromatic carbocycles. The van der Waals surface area contributed by atoms with Crippen molar-refractivity contribution in [2.75, 3.05) is 5.73 Å². The number of aryl methyl sites for hydroxylation is 1. The van der Waals surface area contributed by atoms with Crippen LogP contribution in [0.5, 0.6) is 5.75 Å². The summed E-state index contributed by atoms with van der Waals surface area (Å²) in [6, 6.07) is 6.37. The lowest BCUT2D eigenvalue weighted by Crippen LogP contribution is -2.02. The van der Waals surface area contributed by atoms with Gasteiger partial charge in [0, 0.05) is 16.8 Å². The highest BCUT2D eigenvalue weighted by Crippen LogP contribution is 2.26. The van der Waals surface area contributed by atoms with Gasteiger partial charge in [0.15, 0.2) is 0 Å². The van der Waals surface area contributed by atoms with Gasteiger partial charge in [-0.15, -0.1) is 0 Å². The molecule has 0 aliphatic heterocycles. The van der Waals surface area contributed by atoms with Crippen LogP contribution in [0.15, 0.2) is 24.3 Å². The van der Waals surface area contributed by atoms with E-state index >= 15 is 0 Å². The molecule has 5 heteroatoms. The Kier molecular flexibility index (Phi) is 3.60. The van der Waals surface area contributed by atoms with Crippen LogP contribution in [0.25, 0.3) is 10.9 Å². The van der Waals surface area contributed by atoms with Gasteiger partial charge in [-0.3, -0.25) is 4.98 Å². The van der Waals surface area contributed by atoms with E-state index in [4.69, 9.17) is 5.73 Å². The van der Waals surface area contributed by atoms with E-state index in [1.807, 2.05) is 0 Å². The molecular formula is C13H14F2N2O. The van der Waals surface area contributed by atoms with Crippen molar-refractivity contribution in [1.82, 2.24) is 4.98 Å². The highest BCUT2D eigenvalue weighted by Gasteiger charge is 2.08. The topological polar surface area (TPSA) is 48.1 Å². The van der Waals surface area contributed by atoms with Gasteiger partial charge in [0.2, 0.25) is 0 Å². The average molecular weight is 252 g/mol. The maximum Gasteiger partial charge on any atom is 0.387 e. The van der Waals surface area contributed by atoms with Gasteiger partial charge in [-0.25, -0.2) is 0 Å². The highest BCUT2D eigenvalue weighted by molar-refractivity contribution is 5.91. The smallest absolute Gasteiger partial charge is 0.387 e. The Hall–Kier alpha value is -1.91. The number of alkyl halides is 2. The summed E-state index contributed by atoms with van der Waals surface area (Å²) in [5, 5.41) is 0.632. The number of ether oxygens (including phenoxy) is 1. The molecule has 1 heterocycles. The summed E-state index contributed by atoms with van der Waals surface area (Å²) in [7, 11) is 0. The van der Waals surface area contributed by atoms with Crippen LogP contribution in [0.1, 0.15) is 19.0 Å². The minimum atomic E-state index is -2.84. The van der Waals surface area contributed by atoms with E-state index in [1.54, 1.807) is 12.1 Å². The van der Waals surface area contributed by atoms with E-state index in [1.165, 1.54) is 12.1 Å². The molecule has 2 aromatic rings. The zero-order chi connectivity index (χ0) is 13.1. The van der Waals surface area contributed by atoms with Crippen molar-refractivity contribution in [1.29, 1.82) is 0 Å². The molecule has 3 nitrogen and oxygen atoms in total. The fourth-order valence-corrected chi connectivity index (χ4v) is 1.85. The number of nitrogens with two attached hydrogens (primary N) is 1. The monoisotopic (exact) mass is 252 g/mol. The molecule has 0 radical (unpaired) electrons. The summed E-state index contributed by atoms with van der Waals surface area (Å²) in [6.07, 6.45) is 1.82. The van der Waals surface area contributed by atoms with Crippen molar-refractivity contribution in [3.05, 3.63) is 30.0 Å². The predicted molar refractivity (Wildman–Crippen MR) is 66.8 cm³/mol. The number of nitrogens with zero attached hydrogens (tertiary/aromatic N) is 1. The normalized spacial score (nSPS) is 11.1. The molecule has 0 saturated carbocycles. The first kappa shape index (κ1) is 12.5. The van der Waals surface area contributed by atoms with Crippen LogP contribution in [0.4, 0.5) is 14.5 Å². The number of rotatable bonds is 4. The second kappa shape index (κ2) is 5.16. The van der Waals surface area contributed by atoms with E-state index in [2.05, 4.69) is 16.6 Å². The minimum absolute atomic E-state index is 0.0919. The third-order valence-corrected chi connectivity index (χ3v) is 2.60. The third kappa shape index (κ3) is 2.67. The second-order valence-electron chi connectivity index (χ2n) is 4.01. The van der Waals surface area contributed by atoms with E-state index in [9.17, 15) is 8.78 Å². The molecule has 0 bridgehead atoms. The standard InChI is InChI=1S/C13H14F2N2O/c1-2-3-8-6-11(16)10-7-9(18-13(14)15)4-5-12(10)17-8/h4-7,13H,2-3H2,1H3,(H2,16,17). The first-order chi connectivity index (χ1) is 8.60. The van der Waals surface area contributed by atoms with Crippen molar-refractivity contribution in [3.63, 3.8) is 0 Å².